The van der Waals surface area contributed by atoms with Gasteiger partial charge in [0.15, 0.2) is 14.1 Å². The van der Waals surface area contributed by atoms with Gasteiger partial charge in [0.25, 0.3) is 0 Å². The molecular formula is C17H34O4Si. The van der Waals surface area contributed by atoms with Gasteiger partial charge in [0.1, 0.15) is 18.5 Å². The average Bonchev–Trinajstić information content (AvgIpc) is 2.67. The molecule has 0 aromatic carbocycles. The molecule has 1 heterocycles. The van der Waals surface area contributed by atoms with Gasteiger partial charge in [-0.1, -0.05) is 40.5 Å². The van der Waals surface area contributed by atoms with E-state index in [9.17, 15) is 4.79 Å². The quantitative estimate of drug-likeness (QED) is 0.516. The fourth-order valence-corrected chi connectivity index (χ4v) is 3.68. The lowest BCUT2D eigenvalue weighted by Crippen LogP contribution is -2.50. The first-order valence-electron chi connectivity index (χ1n) is 8.42. The summed E-state index contributed by atoms with van der Waals surface area (Å²) < 4.78 is 18.3. The molecule has 1 fully saturated rings. The van der Waals surface area contributed by atoms with Gasteiger partial charge < -0.3 is 18.7 Å². The summed E-state index contributed by atoms with van der Waals surface area (Å²) in [4.78, 5) is 11.7. The number of unbranched alkanes of at least 4 members (excludes halogenated alkanes) is 1. The van der Waals surface area contributed by atoms with E-state index in [-0.39, 0.29) is 17.2 Å². The summed E-state index contributed by atoms with van der Waals surface area (Å²) in [6.07, 6.45) is 3.02. The van der Waals surface area contributed by atoms with Crippen LogP contribution in [-0.2, 0) is 18.7 Å². The largest absolute Gasteiger partial charge is 0.404 e. The molecule has 0 N–H and O–H groups in total. The molecule has 0 saturated carbocycles. The fraction of sp³-hybridized carbons (Fsp3) is 0.941. The lowest BCUT2D eigenvalue weighted by Gasteiger charge is -2.39. The molecule has 0 radical (unpaired) electrons. The zero-order valence-electron chi connectivity index (χ0n) is 15.6. The van der Waals surface area contributed by atoms with Crippen molar-refractivity contribution in [2.45, 2.75) is 103 Å². The third kappa shape index (κ3) is 4.88. The molecule has 0 unspecified atom stereocenters. The molecule has 4 nitrogen and oxygen atoms in total. The summed E-state index contributed by atoms with van der Waals surface area (Å²) in [5, 5.41) is 0.0577. The molecule has 0 aromatic heterocycles. The Bertz CT molecular complexity index is 373. The van der Waals surface area contributed by atoms with Crippen molar-refractivity contribution >= 4 is 14.6 Å². The summed E-state index contributed by atoms with van der Waals surface area (Å²) in [5.74, 6) is -0.652. The Labute approximate surface area is 137 Å². The van der Waals surface area contributed by atoms with Crippen LogP contribution < -0.4 is 0 Å². The Morgan fingerprint density at radius 3 is 2.32 bits per heavy atom. The van der Waals surface area contributed by atoms with E-state index in [4.69, 9.17) is 13.9 Å². The van der Waals surface area contributed by atoms with Crippen LogP contribution in [0.1, 0.15) is 60.8 Å². The minimum atomic E-state index is -2.03. The molecule has 0 aliphatic carbocycles. The van der Waals surface area contributed by atoms with Gasteiger partial charge >= 0.3 is 0 Å². The van der Waals surface area contributed by atoms with Crippen LogP contribution in [0, 0.1) is 0 Å². The lowest BCUT2D eigenvalue weighted by molar-refractivity contribution is -0.155. The molecule has 130 valence electrons. The minimum Gasteiger partial charge on any atom is -0.404 e. The summed E-state index contributed by atoms with van der Waals surface area (Å²) in [6.45, 7) is 16.8. The first-order chi connectivity index (χ1) is 9.93. The summed E-state index contributed by atoms with van der Waals surface area (Å²) in [6, 6.07) is 0. The molecular weight excluding hydrogens is 296 g/mol. The standard InChI is InChI=1S/C17H34O4Si/c1-9-10-11-13-15(20-17(5,6)19-13)14(12-18)21-22(7,8)16(2,3)4/h12-15H,9-11H2,1-8H3/t13-,14+,15+/m0/s1. The van der Waals surface area contributed by atoms with Crippen molar-refractivity contribution in [3.05, 3.63) is 0 Å². The number of hydrogen-bond donors (Lipinski definition) is 0. The van der Waals surface area contributed by atoms with E-state index in [2.05, 4.69) is 40.8 Å². The van der Waals surface area contributed by atoms with Gasteiger partial charge in [0.2, 0.25) is 0 Å². The van der Waals surface area contributed by atoms with Gasteiger partial charge in [-0.15, -0.1) is 0 Å². The van der Waals surface area contributed by atoms with E-state index in [1.165, 1.54) is 0 Å². The van der Waals surface area contributed by atoms with Crippen LogP contribution in [0.15, 0.2) is 0 Å². The van der Waals surface area contributed by atoms with Crippen LogP contribution in [0.5, 0.6) is 0 Å². The van der Waals surface area contributed by atoms with Gasteiger partial charge in [-0.3, -0.25) is 0 Å². The second-order valence-corrected chi connectivity index (χ2v) is 13.0. The van der Waals surface area contributed by atoms with Crippen LogP contribution in [0.2, 0.25) is 18.1 Å². The number of rotatable bonds is 7. The van der Waals surface area contributed by atoms with Crippen molar-refractivity contribution in [3.63, 3.8) is 0 Å². The highest BCUT2D eigenvalue weighted by atomic mass is 28.4. The Morgan fingerprint density at radius 2 is 1.86 bits per heavy atom. The molecule has 22 heavy (non-hydrogen) atoms. The Hall–Kier alpha value is -0.233. The van der Waals surface area contributed by atoms with Gasteiger partial charge in [-0.25, -0.2) is 0 Å². The number of hydrogen-bond acceptors (Lipinski definition) is 4. The molecule has 5 heteroatoms. The second kappa shape index (κ2) is 7.12. The van der Waals surface area contributed by atoms with E-state index in [1.807, 2.05) is 13.8 Å². The highest BCUT2D eigenvalue weighted by Gasteiger charge is 2.48. The number of aldehydes is 1. The predicted molar refractivity (Wildman–Crippen MR) is 91.5 cm³/mol. The van der Waals surface area contributed by atoms with Crippen molar-refractivity contribution in [2.24, 2.45) is 0 Å². The fourth-order valence-electron chi connectivity index (χ4n) is 2.46. The van der Waals surface area contributed by atoms with E-state index in [0.717, 1.165) is 25.5 Å². The van der Waals surface area contributed by atoms with Crippen LogP contribution in [0.3, 0.4) is 0 Å². The molecule has 0 bridgehead atoms. The number of carbonyl (C=O) groups excluding carboxylic acids is 1. The monoisotopic (exact) mass is 330 g/mol. The maximum Gasteiger partial charge on any atom is 0.193 e. The summed E-state index contributed by atoms with van der Waals surface area (Å²) >= 11 is 0. The molecule has 3 atom stereocenters. The molecule has 0 aromatic rings. The van der Waals surface area contributed by atoms with Gasteiger partial charge in [-0.2, -0.15) is 0 Å². The molecule has 0 amide bonds. The highest BCUT2D eigenvalue weighted by molar-refractivity contribution is 6.74. The first-order valence-corrected chi connectivity index (χ1v) is 11.3. The van der Waals surface area contributed by atoms with Gasteiger partial charge in [0, 0.05) is 0 Å². The van der Waals surface area contributed by atoms with E-state index >= 15 is 0 Å². The van der Waals surface area contributed by atoms with Gasteiger partial charge in [0.05, 0.1) is 6.10 Å². The average molecular weight is 331 g/mol. The molecule has 1 aliphatic rings. The number of carbonyl (C=O) groups is 1. The van der Waals surface area contributed by atoms with Crippen molar-refractivity contribution in [1.82, 2.24) is 0 Å². The Kier molecular flexibility index (Phi) is 6.41. The topological polar surface area (TPSA) is 44.8 Å². The predicted octanol–water partition coefficient (Wildman–Crippen LogP) is 4.29. The van der Waals surface area contributed by atoms with Crippen LogP contribution in [0.25, 0.3) is 0 Å². The third-order valence-electron chi connectivity index (χ3n) is 4.76. The lowest BCUT2D eigenvalue weighted by atomic mass is 10.0. The summed E-state index contributed by atoms with van der Waals surface area (Å²) in [7, 11) is -2.03. The molecule has 1 rings (SSSR count). The SMILES string of the molecule is CCCC[C@@H]1OC(C)(C)O[C@H]1[C@@H](C=O)O[Si](C)(C)C(C)(C)C. The molecule has 1 saturated heterocycles. The second-order valence-electron chi connectivity index (χ2n) is 8.26. The van der Waals surface area contributed by atoms with Crippen molar-refractivity contribution < 1.29 is 18.7 Å². The third-order valence-corrected chi connectivity index (χ3v) is 9.23. The Morgan fingerprint density at radius 1 is 1.27 bits per heavy atom. The summed E-state index contributed by atoms with van der Waals surface area (Å²) in [5.41, 5.74) is 0. The maximum atomic E-state index is 11.7. The van der Waals surface area contributed by atoms with Crippen LogP contribution in [-0.4, -0.2) is 38.7 Å². The zero-order chi connectivity index (χ0) is 17.2. The molecule has 0 spiro atoms. The van der Waals surface area contributed by atoms with E-state index in [1.54, 1.807) is 0 Å². The highest BCUT2D eigenvalue weighted by Crippen LogP contribution is 2.40. The molecule has 1 aliphatic heterocycles. The van der Waals surface area contributed by atoms with E-state index < -0.39 is 20.2 Å². The zero-order valence-corrected chi connectivity index (χ0v) is 16.6. The smallest absolute Gasteiger partial charge is 0.193 e. The van der Waals surface area contributed by atoms with Crippen LogP contribution >= 0.6 is 0 Å². The first kappa shape index (κ1) is 19.8. The van der Waals surface area contributed by atoms with Crippen LogP contribution in [0.4, 0.5) is 0 Å². The van der Waals surface area contributed by atoms with Gasteiger partial charge in [-0.05, 0) is 38.4 Å². The maximum absolute atomic E-state index is 11.7. The minimum absolute atomic E-state index is 0.0577. The van der Waals surface area contributed by atoms with Crippen molar-refractivity contribution in [2.75, 3.05) is 0 Å². The van der Waals surface area contributed by atoms with Crippen molar-refractivity contribution in [3.8, 4) is 0 Å². The van der Waals surface area contributed by atoms with Crippen molar-refractivity contribution in [1.29, 1.82) is 0 Å². The normalized spacial score (nSPS) is 26.9. The number of ether oxygens (including phenoxy) is 2. The van der Waals surface area contributed by atoms with E-state index in [0.29, 0.717) is 0 Å². The Balaban J connectivity index is 2.89.